The van der Waals surface area contributed by atoms with Crippen LogP contribution in [0, 0.1) is 6.92 Å². The van der Waals surface area contributed by atoms with Crippen LogP contribution in [0.15, 0.2) is 42.5 Å². The number of nitrogens with zero attached hydrogens (tertiary/aromatic N) is 1. The van der Waals surface area contributed by atoms with Gasteiger partial charge in [0, 0.05) is 24.7 Å². The molecule has 1 heterocycles. The molecule has 1 aliphatic rings. The van der Waals surface area contributed by atoms with E-state index in [9.17, 15) is 0 Å². The lowest BCUT2D eigenvalue weighted by molar-refractivity contribution is 0.296. The van der Waals surface area contributed by atoms with Crippen LogP contribution in [-0.2, 0) is 6.54 Å². The van der Waals surface area contributed by atoms with Crippen molar-refractivity contribution in [1.29, 1.82) is 0 Å². The van der Waals surface area contributed by atoms with E-state index in [0.717, 1.165) is 18.8 Å². The first-order chi connectivity index (χ1) is 9.15. The number of likely N-dealkylation sites (N-methyl/N-ethyl adjacent to an activating group) is 1. The van der Waals surface area contributed by atoms with Gasteiger partial charge in [-0.2, -0.15) is 0 Å². The molecule has 0 aromatic heterocycles. The van der Waals surface area contributed by atoms with Crippen molar-refractivity contribution in [2.45, 2.75) is 19.4 Å². The van der Waals surface area contributed by atoms with Crippen LogP contribution < -0.4 is 5.73 Å². The van der Waals surface area contributed by atoms with Crippen molar-refractivity contribution in [2.75, 3.05) is 19.3 Å². The summed E-state index contributed by atoms with van der Waals surface area (Å²) in [6.07, 6.45) is 0. The van der Waals surface area contributed by atoms with Crippen LogP contribution >= 0.6 is 0 Å². The number of aryl methyl sites for hydroxylation is 1. The van der Waals surface area contributed by atoms with Gasteiger partial charge in [-0.3, -0.25) is 0 Å². The molecule has 2 nitrogen and oxygen atoms in total. The van der Waals surface area contributed by atoms with Gasteiger partial charge in [-0.05, 0) is 36.7 Å². The topological polar surface area (TPSA) is 29.3 Å². The van der Waals surface area contributed by atoms with E-state index in [0.29, 0.717) is 5.92 Å². The normalized spacial score (nSPS) is 19.2. The zero-order valence-corrected chi connectivity index (χ0v) is 11.6. The van der Waals surface area contributed by atoms with Crippen molar-refractivity contribution in [1.82, 2.24) is 4.90 Å². The van der Waals surface area contributed by atoms with Crippen LogP contribution in [0.4, 0.5) is 5.69 Å². The fourth-order valence-electron chi connectivity index (χ4n) is 2.96. The van der Waals surface area contributed by atoms with Gasteiger partial charge in [-0.25, -0.2) is 0 Å². The molecule has 0 aliphatic carbocycles. The highest BCUT2D eigenvalue weighted by atomic mass is 15.1. The summed E-state index contributed by atoms with van der Waals surface area (Å²) in [5, 5.41) is 0. The molecule has 0 unspecified atom stereocenters. The summed E-state index contributed by atoms with van der Waals surface area (Å²) in [6, 6.07) is 15.2. The average molecular weight is 252 g/mol. The van der Waals surface area contributed by atoms with E-state index in [2.05, 4.69) is 55.3 Å². The van der Waals surface area contributed by atoms with Crippen LogP contribution in [-0.4, -0.2) is 18.5 Å². The zero-order chi connectivity index (χ0) is 13.4. The lowest BCUT2D eigenvalue weighted by Crippen LogP contribution is -2.31. The maximum absolute atomic E-state index is 6.14. The first-order valence-corrected chi connectivity index (χ1v) is 6.77. The summed E-state index contributed by atoms with van der Waals surface area (Å²) in [7, 11) is 2.16. The van der Waals surface area contributed by atoms with Gasteiger partial charge in [0.15, 0.2) is 0 Å². The zero-order valence-electron chi connectivity index (χ0n) is 11.6. The molecule has 2 N–H and O–H groups in total. The number of nitrogens with two attached hydrogens (primary N) is 1. The average Bonchev–Trinajstić information content (AvgIpc) is 2.40. The Morgan fingerprint density at radius 1 is 1.11 bits per heavy atom. The molecule has 2 aromatic carbocycles. The highest BCUT2D eigenvalue weighted by Gasteiger charge is 2.25. The largest absolute Gasteiger partial charge is 0.398 e. The van der Waals surface area contributed by atoms with E-state index in [1.54, 1.807) is 0 Å². The van der Waals surface area contributed by atoms with E-state index in [1.165, 1.54) is 22.3 Å². The molecular weight excluding hydrogens is 232 g/mol. The Labute approximate surface area is 114 Å². The first-order valence-electron chi connectivity index (χ1n) is 6.77. The van der Waals surface area contributed by atoms with Crippen molar-refractivity contribution in [2.24, 2.45) is 0 Å². The minimum Gasteiger partial charge on any atom is -0.398 e. The Morgan fingerprint density at radius 2 is 1.84 bits per heavy atom. The van der Waals surface area contributed by atoms with Crippen molar-refractivity contribution in [3.05, 3.63) is 64.7 Å². The third-order valence-electron chi connectivity index (χ3n) is 4.03. The Hall–Kier alpha value is -1.80. The van der Waals surface area contributed by atoms with Crippen LogP contribution in [0.2, 0.25) is 0 Å². The number of nitrogen functional groups attached to an aromatic ring is 1. The molecule has 2 heteroatoms. The van der Waals surface area contributed by atoms with Gasteiger partial charge in [0.1, 0.15) is 0 Å². The minimum atomic E-state index is 0.429. The van der Waals surface area contributed by atoms with Gasteiger partial charge in [0.2, 0.25) is 0 Å². The van der Waals surface area contributed by atoms with Crippen LogP contribution in [0.3, 0.4) is 0 Å². The fraction of sp³-hybridized carbons (Fsp3) is 0.294. The molecule has 2 aromatic rings. The SMILES string of the molecule is Cc1ccc([C@@H]2CN(C)Cc3c(N)cccc32)cc1. The summed E-state index contributed by atoms with van der Waals surface area (Å²) in [5.41, 5.74) is 12.4. The minimum absolute atomic E-state index is 0.429. The van der Waals surface area contributed by atoms with Crippen molar-refractivity contribution in [3.63, 3.8) is 0 Å². The molecule has 0 saturated carbocycles. The molecular formula is C17H20N2. The van der Waals surface area contributed by atoms with E-state index in [4.69, 9.17) is 5.73 Å². The highest BCUT2D eigenvalue weighted by molar-refractivity contribution is 5.55. The highest BCUT2D eigenvalue weighted by Crippen LogP contribution is 2.35. The van der Waals surface area contributed by atoms with Crippen LogP contribution in [0.1, 0.15) is 28.2 Å². The second-order valence-electron chi connectivity index (χ2n) is 5.58. The lowest BCUT2D eigenvalue weighted by atomic mass is 9.84. The summed E-state index contributed by atoms with van der Waals surface area (Å²) in [5.74, 6) is 0.429. The van der Waals surface area contributed by atoms with Crippen LogP contribution in [0.5, 0.6) is 0 Å². The molecule has 3 rings (SSSR count). The molecule has 19 heavy (non-hydrogen) atoms. The summed E-state index contributed by atoms with van der Waals surface area (Å²) < 4.78 is 0. The molecule has 0 spiro atoms. The molecule has 0 radical (unpaired) electrons. The van der Waals surface area contributed by atoms with Crippen molar-refractivity contribution >= 4 is 5.69 Å². The third-order valence-corrected chi connectivity index (χ3v) is 4.03. The van der Waals surface area contributed by atoms with Gasteiger partial charge >= 0.3 is 0 Å². The molecule has 0 saturated heterocycles. The lowest BCUT2D eigenvalue weighted by Gasteiger charge is -2.33. The Bertz CT molecular complexity index is 587. The molecule has 1 aliphatic heterocycles. The Morgan fingerprint density at radius 3 is 2.58 bits per heavy atom. The summed E-state index contributed by atoms with van der Waals surface area (Å²) >= 11 is 0. The summed E-state index contributed by atoms with van der Waals surface area (Å²) in [4.78, 5) is 2.35. The molecule has 1 atom stereocenters. The number of anilines is 1. The van der Waals surface area contributed by atoms with Crippen LogP contribution in [0.25, 0.3) is 0 Å². The van der Waals surface area contributed by atoms with E-state index in [1.807, 2.05) is 6.07 Å². The third kappa shape index (κ3) is 2.24. The second kappa shape index (κ2) is 4.71. The summed E-state index contributed by atoms with van der Waals surface area (Å²) in [6.45, 7) is 4.13. The maximum Gasteiger partial charge on any atom is 0.0362 e. The van der Waals surface area contributed by atoms with Gasteiger partial charge in [-0.1, -0.05) is 42.0 Å². The molecule has 0 amide bonds. The number of hydrogen-bond acceptors (Lipinski definition) is 2. The standard InChI is InChI=1S/C17H20N2/c1-12-6-8-13(9-7-12)15-10-19(2)11-16-14(15)4-3-5-17(16)18/h3-9,15H,10-11,18H2,1-2H3/t15-/m0/s1. The quantitative estimate of drug-likeness (QED) is 0.790. The van der Waals surface area contributed by atoms with E-state index in [-0.39, 0.29) is 0 Å². The van der Waals surface area contributed by atoms with E-state index < -0.39 is 0 Å². The van der Waals surface area contributed by atoms with Gasteiger partial charge in [-0.15, -0.1) is 0 Å². The predicted octanol–water partition coefficient (Wildman–Crippen LogP) is 3.15. The first kappa shape index (κ1) is 12.2. The molecule has 0 fully saturated rings. The fourth-order valence-corrected chi connectivity index (χ4v) is 2.96. The van der Waals surface area contributed by atoms with Gasteiger partial charge in [0.05, 0.1) is 0 Å². The monoisotopic (exact) mass is 252 g/mol. The Kier molecular flexibility index (Phi) is 3.03. The number of fused-ring (bicyclic) bond motifs is 1. The van der Waals surface area contributed by atoms with Gasteiger partial charge in [0.25, 0.3) is 0 Å². The Balaban J connectivity index is 2.08. The second-order valence-corrected chi connectivity index (χ2v) is 5.58. The van der Waals surface area contributed by atoms with E-state index >= 15 is 0 Å². The number of benzene rings is 2. The number of hydrogen-bond donors (Lipinski definition) is 1. The van der Waals surface area contributed by atoms with Crippen molar-refractivity contribution in [3.8, 4) is 0 Å². The smallest absolute Gasteiger partial charge is 0.0362 e. The predicted molar refractivity (Wildman–Crippen MR) is 80.2 cm³/mol. The maximum atomic E-state index is 6.14. The molecule has 0 bridgehead atoms. The number of rotatable bonds is 1. The van der Waals surface area contributed by atoms with Gasteiger partial charge < -0.3 is 10.6 Å². The molecule has 98 valence electrons. The van der Waals surface area contributed by atoms with Crippen molar-refractivity contribution < 1.29 is 0 Å².